The third-order valence-corrected chi connectivity index (χ3v) is 6.12. The first-order valence-electron chi connectivity index (χ1n) is 8.61. The van der Waals surface area contributed by atoms with Crippen LogP contribution in [0, 0.1) is 6.92 Å². The normalized spacial score (nSPS) is 10.8. The number of carbonyl (C=O) groups excluding carboxylic acids is 1. The Balaban J connectivity index is 1.45. The molecule has 1 N–H and O–H groups in total. The number of benzene rings is 2. The molecule has 7 heteroatoms. The molecule has 2 heterocycles. The van der Waals surface area contributed by atoms with Gasteiger partial charge >= 0.3 is 0 Å². The van der Waals surface area contributed by atoms with Gasteiger partial charge in [0.15, 0.2) is 5.13 Å². The van der Waals surface area contributed by atoms with Crippen molar-refractivity contribution in [2.75, 3.05) is 5.32 Å². The Kier molecular flexibility index (Phi) is 5.52. The number of thiazole rings is 2. The van der Waals surface area contributed by atoms with E-state index >= 15 is 0 Å². The van der Waals surface area contributed by atoms with Crippen LogP contribution in [0.15, 0.2) is 60.0 Å². The predicted molar refractivity (Wildman–Crippen MR) is 117 cm³/mol. The lowest BCUT2D eigenvalue weighted by Crippen LogP contribution is -2.14. The number of carbonyl (C=O) groups is 1. The number of aromatic nitrogens is 2. The Hall–Kier alpha value is -2.54. The van der Waals surface area contributed by atoms with Gasteiger partial charge in [0.2, 0.25) is 5.91 Å². The number of amides is 1. The van der Waals surface area contributed by atoms with Gasteiger partial charge in [0, 0.05) is 26.4 Å². The fourth-order valence-corrected chi connectivity index (χ4v) is 4.65. The van der Waals surface area contributed by atoms with Crippen molar-refractivity contribution in [2.24, 2.45) is 0 Å². The molecule has 0 bridgehead atoms. The maximum absolute atomic E-state index is 12.4. The van der Waals surface area contributed by atoms with E-state index in [1.54, 1.807) is 0 Å². The second kappa shape index (κ2) is 8.22. The number of nitrogens with one attached hydrogen (secondary N) is 1. The Morgan fingerprint density at radius 1 is 1.07 bits per heavy atom. The number of rotatable bonds is 5. The maximum Gasteiger partial charge on any atom is 0.232 e. The molecule has 4 nitrogen and oxygen atoms in total. The van der Waals surface area contributed by atoms with Gasteiger partial charge in [-0.05, 0) is 19.1 Å². The molecule has 0 unspecified atom stereocenters. The van der Waals surface area contributed by atoms with Crippen LogP contribution in [0.5, 0.6) is 0 Å². The predicted octanol–water partition coefficient (Wildman–Crippen LogP) is 6.08. The van der Waals surface area contributed by atoms with Crippen LogP contribution < -0.4 is 5.32 Å². The van der Waals surface area contributed by atoms with Crippen molar-refractivity contribution in [1.29, 1.82) is 0 Å². The molecular formula is C21H16ClN3OS2. The second-order valence-corrected chi connectivity index (χ2v) is 8.67. The van der Waals surface area contributed by atoms with Gasteiger partial charge in [0.25, 0.3) is 0 Å². The fourth-order valence-electron chi connectivity index (χ4n) is 2.78. The minimum Gasteiger partial charge on any atom is -0.302 e. The molecule has 1 amide bonds. The van der Waals surface area contributed by atoms with Gasteiger partial charge in [0.05, 0.1) is 17.8 Å². The molecule has 0 atom stereocenters. The lowest BCUT2D eigenvalue weighted by molar-refractivity contribution is -0.115. The summed E-state index contributed by atoms with van der Waals surface area (Å²) < 4.78 is 0. The average molecular weight is 426 g/mol. The van der Waals surface area contributed by atoms with Gasteiger partial charge in [-0.25, -0.2) is 9.97 Å². The summed E-state index contributed by atoms with van der Waals surface area (Å²) >= 11 is 9.07. The van der Waals surface area contributed by atoms with E-state index in [9.17, 15) is 4.79 Å². The Bertz CT molecular complexity index is 1120. The smallest absolute Gasteiger partial charge is 0.232 e. The summed E-state index contributed by atoms with van der Waals surface area (Å²) in [5, 5.41) is 6.96. The molecule has 0 fully saturated rings. The lowest BCUT2D eigenvalue weighted by Gasteiger charge is -2.00. The van der Waals surface area contributed by atoms with Crippen molar-refractivity contribution in [3.8, 4) is 21.8 Å². The topological polar surface area (TPSA) is 54.9 Å². The maximum atomic E-state index is 12.4. The Labute approximate surface area is 175 Å². The standard InChI is InChI=1S/C21H16ClN3OS2/c1-13-19(15-8-5-9-16(22)10-15)25-21(28-13)24-18(26)11-17-12-27-20(23-17)14-6-3-2-4-7-14/h2-10,12H,11H2,1H3,(H,24,25,26). The molecule has 0 saturated carbocycles. The highest BCUT2D eigenvalue weighted by atomic mass is 35.5. The van der Waals surface area contributed by atoms with E-state index in [2.05, 4.69) is 15.3 Å². The highest BCUT2D eigenvalue weighted by Crippen LogP contribution is 2.31. The zero-order valence-electron chi connectivity index (χ0n) is 15.0. The molecule has 0 spiro atoms. The Morgan fingerprint density at radius 2 is 1.86 bits per heavy atom. The van der Waals surface area contributed by atoms with E-state index in [-0.39, 0.29) is 12.3 Å². The number of halogens is 1. The third-order valence-electron chi connectivity index (χ3n) is 4.06. The van der Waals surface area contributed by atoms with Gasteiger partial charge < -0.3 is 5.32 Å². The van der Waals surface area contributed by atoms with E-state index in [1.807, 2.05) is 66.9 Å². The molecule has 0 aliphatic rings. The summed E-state index contributed by atoms with van der Waals surface area (Å²) in [4.78, 5) is 22.6. The summed E-state index contributed by atoms with van der Waals surface area (Å²) in [7, 11) is 0. The number of hydrogen-bond acceptors (Lipinski definition) is 5. The molecule has 2 aromatic heterocycles. The minimum absolute atomic E-state index is 0.128. The fraction of sp³-hybridized carbons (Fsp3) is 0.0952. The largest absolute Gasteiger partial charge is 0.302 e. The number of aryl methyl sites for hydroxylation is 1. The Morgan fingerprint density at radius 3 is 2.64 bits per heavy atom. The van der Waals surface area contributed by atoms with Crippen molar-refractivity contribution in [1.82, 2.24) is 9.97 Å². The van der Waals surface area contributed by atoms with Gasteiger partial charge in [-0.3, -0.25) is 4.79 Å². The number of anilines is 1. The summed E-state index contributed by atoms with van der Waals surface area (Å²) in [6.07, 6.45) is 0.217. The number of hydrogen-bond donors (Lipinski definition) is 1. The van der Waals surface area contributed by atoms with Crippen LogP contribution in [0.4, 0.5) is 5.13 Å². The van der Waals surface area contributed by atoms with Crippen LogP contribution in [-0.4, -0.2) is 15.9 Å². The van der Waals surface area contributed by atoms with E-state index in [1.165, 1.54) is 22.7 Å². The summed E-state index contributed by atoms with van der Waals surface area (Å²) in [5.74, 6) is -0.128. The lowest BCUT2D eigenvalue weighted by atomic mass is 10.1. The molecular weight excluding hydrogens is 410 g/mol. The van der Waals surface area contributed by atoms with Crippen molar-refractivity contribution >= 4 is 45.3 Å². The average Bonchev–Trinajstić information content (AvgIpc) is 3.29. The van der Waals surface area contributed by atoms with E-state index < -0.39 is 0 Å². The van der Waals surface area contributed by atoms with Crippen molar-refractivity contribution in [2.45, 2.75) is 13.3 Å². The van der Waals surface area contributed by atoms with E-state index in [0.717, 1.165) is 32.4 Å². The van der Waals surface area contributed by atoms with E-state index in [0.29, 0.717) is 10.2 Å². The molecule has 0 saturated heterocycles. The molecule has 4 rings (SSSR count). The second-order valence-electron chi connectivity index (χ2n) is 6.17. The highest BCUT2D eigenvalue weighted by molar-refractivity contribution is 7.16. The third kappa shape index (κ3) is 4.30. The minimum atomic E-state index is -0.128. The van der Waals surface area contributed by atoms with Gasteiger partial charge in [-0.2, -0.15) is 0 Å². The monoisotopic (exact) mass is 425 g/mol. The van der Waals surface area contributed by atoms with Crippen LogP contribution in [-0.2, 0) is 11.2 Å². The summed E-state index contributed by atoms with van der Waals surface area (Å²) in [5.41, 5.74) is 3.59. The van der Waals surface area contributed by atoms with Crippen molar-refractivity contribution < 1.29 is 4.79 Å². The van der Waals surface area contributed by atoms with Crippen molar-refractivity contribution in [3.63, 3.8) is 0 Å². The quantitative estimate of drug-likeness (QED) is 0.421. The van der Waals surface area contributed by atoms with Gasteiger partial charge in [-0.1, -0.05) is 54.1 Å². The zero-order valence-corrected chi connectivity index (χ0v) is 17.4. The first-order chi connectivity index (χ1) is 13.6. The molecule has 0 aliphatic heterocycles. The summed E-state index contributed by atoms with van der Waals surface area (Å²) in [6.45, 7) is 1.98. The van der Waals surface area contributed by atoms with Crippen LogP contribution in [0.25, 0.3) is 21.8 Å². The van der Waals surface area contributed by atoms with Crippen LogP contribution in [0.1, 0.15) is 10.6 Å². The van der Waals surface area contributed by atoms with Crippen LogP contribution in [0.3, 0.4) is 0 Å². The zero-order chi connectivity index (χ0) is 19.5. The first kappa shape index (κ1) is 18.8. The van der Waals surface area contributed by atoms with Crippen molar-refractivity contribution in [3.05, 3.63) is 75.6 Å². The molecule has 0 aliphatic carbocycles. The molecule has 2 aromatic carbocycles. The van der Waals surface area contributed by atoms with Gasteiger partial charge in [-0.15, -0.1) is 22.7 Å². The molecule has 140 valence electrons. The molecule has 28 heavy (non-hydrogen) atoms. The van der Waals surface area contributed by atoms with Crippen LogP contribution >= 0.6 is 34.3 Å². The van der Waals surface area contributed by atoms with E-state index in [4.69, 9.17) is 11.6 Å². The highest BCUT2D eigenvalue weighted by Gasteiger charge is 2.14. The number of nitrogens with zero attached hydrogens (tertiary/aromatic N) is 2. The van der Waals surface area contributed by atoms with Crippen LogP contribution in [0.2, 0.25) is 5.02 Å². The summed E-state index contributed by atoms with van der Waals surface area (Å²) in [6, 6.07) is 17.5. The molecule has 4 aromatic rings. The SMILES string of the molecule is Cc1sc(NC(=O)Cc2csc(-c3ccccc3)n2)nc1-c1cccc(Cl)c1. The van der Waals surface area contributed by atoms with Gasteiger partial charge in [0.1, 0.15) is 5.01 Å². The molecule has 0 radical (unpaired) electrons. The first-order valence-corrected chi connectivity index (χ1v) is 10.7.